The second-order valence-corrected chi connectivity index (χ2v) is 8.01. The molecule has 2 heterocycles. The van der Waals surface area contributed by atoms with Gasteiger partial charge in [-0.15, -0.1) is 0 Å². The Morgan fingerprint density at radius 3 is 2.68 bits per heavy atom. The van der Waals surface area contributed by atoms with Crippen molar-refractivity contribution in [1.82, 2.24) is 20.0 Å². The molecular weight excluding hydrogens is 432 g/mol. The van der Waals surface area contributed by atoms with Crippen LogP contribution in [0.15, 0.2) is 53.6 Å². The molecule has 34 heavy (non-hydrogen) atoms. The number of carbonyl (C=O) groups excluding carboxylic acids is 1. The molecule has 4 aromatic rings. The first kappa shape index (κ1) is 23.2. The monoisotopic (exact) mass is 460 g/mol. The lowest BCUT2D eigenvalue weighted by Crippen LogP contribution is -2.26. The Morgan fingerprint density at radius 2 is 1.94 bits per heavy atom. The lowest BCUT2D eigenvalue weighted by Gasteiger charge is -2.08. The number of nitrogens with two attached hydrogens (primary N) is 1. The van der Waals surface area contributed by atoms with Crippen LogP contribution in [0.5, 0.6) is 5.75 Å². The number of rotatable bonds is 9. The Labute approximate surface area is 197 Å². The van der Waals surface area contributed by atoms with Gasteiger partial charge in [0.1, 0.15) is 22.6 Å². The molecule has 0 aliphatic rings. The van der Waals surface area contributed by atoms with E-state index in [2.05, 4.69) is 15.4 Å². The number of nitrogen functional groups attached to an aromatic ring is 1. The fraction of sp³-hybridized carbons (Fsp3) is 0.280. The quantitative estimate of drug-likeness (QED) is 0.291. The zero-order valence-corrected chi connectivity index (χ0v) is 19.5. The molecule has 0 radical (unpaired) electrons. The topological polar surface area (TPSA) is 117 Å². The first-order valence-electron chi connectivity index (χ1n) is 11.1. The molecule has 0 spiro atoms. The average Bonchev–Trinajstić information content (AvgIpc) is 3.10. The summed E-state index contributed by atoms with van der Waals surface area (Å²) in [6.07, 6.45) is 2.47. The van der Waals surface area contributed by atoms with Crippen molar-refractivity contribution in [1.29, 1.82) is 0 Å². The van der Waals surface area contributed by atoms with Crippen LogP contribution >= 0.6 is 0 Å². The van der Waals surface area contributed by atoms with Crippen molar-refractivity contribution in [3.8, 4) is 5.75 Å². The number of carbonyl (C=O) groups is 1. The van der Waals surface area contributed by atoms with Crippen LogP contribution in [0.2, 0.25) is 0 Å². The predicted molar refractivity (Wildman–Crippen MR) is 133 cm³/mol. The van der Waals surface area contributed by atoms with Gasteiger partial charge in [0.15, 0.2) is 5.65 Å². The van der Waals surface area contributed by atoms with Gasteiger partial charge >= 0.3 is 0 Å². The molecule has 0 saturated carbocycles. The largest absolute Gasteiger partial charge is 0.497 e. The van der Waals surface area contributed by atoms with Crippen molar-refractivity contribution in [2.45, 2.75) is 26.4 Å². The van der Waals surface area contributed by atoms with Gasteiger partial charge in [-0.3, -0.25) is 4.79 Å². The number of nitrogens with zero attached hydrogens (tertiary/aromatic N) is 4. The SMILES string of the molecule is COc1cccc(/C=N\n2c(N)c(C(=O)NCCCOC(C)C)c3nc4ccccc4nc32)c1. The van der Waals surface area contributed by atoms with E-state index in [1.165, 1.54) is 4.68 Å². The van der Waals surface area contributed by atoms with E-state index in [-0.39, 0.29) is 23.4 Å². The first-order valence-corrected chi connectivity index (χ1v) is 11.1. The highest BCUT2D eigenvalue weighted by Crippen LogP contribution is 2.28. The van der Waals surface area contributed by atoms with Crippen molar-refractivity contribution >= 4 is 40.1 Å². The summed E-state index contributed by atoms with van der Waals surface area (Å²) in [5.74, 6) is 0.550. The fourth-order valence-corrected chi connectivity index (χ4v) is 3.52. The van der Waals surface area contributed by atoms with Gasteiger partial charge in [-0.2, -0.15) is 9.78 Å². The third-order valence-electron chi connectivity index (χ3n) is 5.17. The van der Waals surface area contributed by atoms with Gasteiger partial charge in [0.2, 0.25) is 0 Å². The van der Waals surface area contributed by atoms with E-state index in [0.717, 1.165) is 5.56 Å². The zero-order chi connectivity index (χ0) is 24.1. The van der Waals surface area contributed by atoms with E-state index in [1.54, 1.807) is 13.3 Å². The molecule has 9 nitrogen and oxygen atoms in total. The van der Waals surface area contributed by atoms with Gasteiger partial charge in [0.25, 0.3) is 5.91 Å². The lowest BCUT2D eigenvalue weighted by molar-refractivity contribution is 0.0757. The number of aromatic nitrogens is 3. The molecule has 4 rings (SSSR count). The molecule has 0 unspecified atom stereocenters. The number of nitrogens with one attached hydrogen (secondary N) is 1. The summed E-state index contributed by atoms with van der Waals surface area (Å²) < 4.78 is 12.3. The molecule has 0 saturated heterocycles. The van der Waals surface area contributed by atoms with E-state index >= 15 is 0 Å². The lowest BCUT2D eigenvalue weighted by atomic mass is 10.2. The summed E-state index contributed by atoms with van der Waals surface area (Å²) in [7, 11) is 1.61. The number of benzene rings is 2. The highest BCUT2D eigenvalue weighted by atomic mass is 16.5. The summed E-state index contributed by atoms with van der Waals surface area (Å²) >= 11 is 0. The van der Waals surface area contributed by atoms with Crippen molar-refractivity contribution in [3.05, 3.63) is 59.7 Å². The summed E-state index contributed by atoms with van der Waals surface area (Å²) in [6, 6.07) is 14.9. The van der Waals surface area contributed by atoms with Gasteiger partial charge in [0, 0.05) is 13.2 Å². The number of hydrogen-bond donors (Lipinski definition) is 2. The van der Waals surface area contributed by atoms with Crippen LogP contribution in [0.1, 0.15) is 36.2 Å². The third-order valence-corrected chi connectivity index (χ3v) is 5.17. The molecular formula is C25H28N6O3. The number of anilines is 1. The Balaban J connectivity index is 1.71. The molecule has 2 aromatic heterocycles. The predicted octanol–water partition coefficient (Wildman–Crippen LogP) is 3.60. The highest BCUT2D eigenvalue weighted by Gasteiger charge is 2.23. The smallest absolute Gasteiger partial charge is 0.257 e. The number of methoxy groups -OCH3 is 1. The molecule has 9 heteroatoms. The molecule has 3 N–H and O–H groups in total. The Bertz CT molecular complexity index is 1350. The van der Waals surface area contributed by atoms with E-state index in [9.17, 15) is 4.79 Å². The van der Waals surface area contributed by atoms with Crippen LogP contribution < -0.4 is 15.8 Å². The van der Waals surface area contributed by atoms with Crippen LogP contribution in [0.4, 0.5) is 5.82 Å². The maximum atomic E-state index is 13.1. The molecule has 1 amide bonds. The molecule has 0 aliphatic heterocycles. The van der Waals surface area contributed by atoms with E-state index in [1.807, 2.05) is 62.4 Å². The number of fused-ring (bicyclic) bond motifs is 2. The Hall–Kier alpha value is -3.98. The number of hydrogen-bond acceptors (Lipinski definition) is 7. The fourth-order valence-electron chi connectivity index (χ4n) is 3.52. The van der Waals surface area contributed by atoms with Crippen LogP contribution in [0, 0.1) is 0 Å². The Morgan fingerprint density at radius 1 is 1.18 bits per heavy atom. The van der Waals surface area contributed by atoms with Crippen molar-refractivity contribution < 1.29 is 14.3 Å². The maximum Gasteiger partial charge on any atom is 0.257 e. The zero-order valence-electron chi connectivity index (χ0n) is 19.5. The third kappa shape index (κ3) is 4.99. The standard InChI is InChI=1S/C25H28N6O3/c1-16(2)34-13-7-12-27-25(32)21-22-24(30-20-11-5-4-10-19(20)29-22)31(23(21)26)28-15-17-8-6-9-18(14-17)33-3/h4-6,8-11,14-16H,7,12-13,26H2,1-3H3,(H,27,32)/b28-15-. The summed E-state index contributed by atoms with van der Waals surface area (Å²) in [4.78, 5) is 22.5. The highest BCUT2D eigenvalue weighted by molar-refractivity contribution is 6.10. The van der Waals surface area contributed by atoms with Gasteiger partial charge in [0.05, 0.1) is 30.5 Å². The molecule has 176 valence electrons. The minimum absolute atomic E-state index is 0.148. The summed E-state index contributed by atoms with van der Waals surface area (Å²) in [5.41, 5.74) is 9.65. The van der Waals surface area contributed by atoms with Gasteiger partial charge in [-0.05, 0) is 50.1 Å². The van der Waals surface area contributed by atoms with Crippen molar-refractivity contribution in [2.75, 3.05) is 26.0 Å². The number of amides is 1. The summed E-state index contributed by atoms with van der Waals surface area (Å²) in [5, 5.41) is 7.43. The molecule has 0 aliphatic carbocycles. The second kappa shape index (κ2) is 10.3. The summed E-state index contributed by atoms with van der Waals surface area (Å²) in [6.45, 7) is 4.96. The molecule has 2 aromatic carbocycles. The minimum atomic E-state index is -0.327. The molecule has 0 atom stereocenters. The van der Waals surface area contributed by atoms with Crippen LogP contribution in [-0.2, 0) is 4.74 Å². The molecule has 0 bridgehead atoms. The molecule has 0 fully saturated rings. The first-order chi connectivity index (χ1) is 16.5. The minimum Gasteiger partial charge on any atom is -0.497 e. The second-order valence-electron chi connectivity index (χ2n) is 8.01. The average molecular weight is 461 g/mol. The van der Waals surface area contributed by atoms with Crippen molar-refractivity contribution in [3.63, 3.8) is 0 Å². The number of ether oxygens (including phenoxy) is 2. The van der Waals surface area contributed by atoms with Crippen LogP contribution in [-0.4, -0.2) is 53.1 Å². The normalized spacial score (nSPS) is 11.6. The van der Waals surface area contributed by atoms with E-state index in [0.29, 0.717) is 47.5 Å². The van der Waals surface area contributed by atoms with E-state index in [4.69, 9.17) is 20.2 Å². The van der Waals surface area contributed by atoms with Gasteiger partial charge < -0.3 is 20.5 Å². The van der Waals surface area contributed by atoms with Crippen LogP contribution in [0.3, 0.4) is 0 Å². The van der Waals surface area contributed by atoms with Crippen molar-refractivity contribution in [2.24, 2.45) is 5.10 Å². The van der Waals surface area contributed by atoms with Crippen LogP contribution in [0.25, 0.3) is 22.2 Å². The van der Waals surface area contributed by atoms with Gasteiger partial charge in [-0.25, -0.2) is 9.97 Å². The maximum absolute atomic E-state index is 13.1. The van der Waals surface area contributed by atoms with E-state index < -0.39 is 0 Å². The van der Waals surface area contributed by atoms with Gasteiger partial charge in [-0.1, -0.05) is 24.3 Å². The Kier molecular flexibility index (Phi) is 7.03. The number of para-hydroxylation sites is 2.